The lowest BCUT2D eigenvalue weighted by molar-refractivity contribution is -0.165. The Labute approximate surface area is 248 Å². The molecule has 5 rings (SSSR count). The summed E-state index contributed by atoms with van der Waals surface area (Å²) in [6.07, 6.45) is 3.27. The number of carboxylic acid groups (broad SMARTS) is 1. The third-order valence-electron chi connectivity index (χ3n) is 7.51. The summed E-state index contributed by atoms with van der Waals surface area (Å²) in [6.45, 7) is 0.628. The number of carboxylic acids is 1. The van der Waals surface area contributed by atoms with Crippen molar-refractivity contribution in [1.29, 1.82) is 0 Å². The van der Waals surface area contributed by atoms with Gasteiger partial charge in [0.15, 0.2) is 0 Å². The van der Waals surface area contributed by atoms with Crippen molar-refractivity contribution in [1.82, 2.24) is 14.2 Å². The number of nitrogens with zero attached hydrogens (tertiary/aromatic N) is 4. The van der Waals surface area contributed by atoms with Crippen LogP contribution in [-0.2, 0) is 33.9 Å². The van der Waals surface area contributed by atoms with E-state index >= 15 is 0 Å². The van der Waals surface area contributed by atoms with Gasteiger partial charge in [-0.2, -0.15) is 12.7 Å². The number of amides is 1. The van der Waals surface area contributed by atoms with Crippen molar-refractivity contribution in [2.75, 3.05) is 37.3 Å². The molecule has 0 bridgehead atoms. The molecular weight excluding hydrogens is 608 g/mol. The quantitative estimate of drug-likeness (QED) is 0.365. The number of fused-ring (bicyclic) bond motifs is 1. The van der Waals surface area contributed by atoms with E-state index in [0.717, 1.165) is 10.6 Å². The Morgan fingerprint density at radius 1 is 1.02 bits per heavy atom. The van der Waals surface area contributed by atoms with E-state index in [-0.39, 0.29) is 17.4 Å². The maximum Gasteiger partial charge on any atom is 0.327 e. The Bertz CT molecular complexity index is 1710. The average Bonchev–Trinajstić information content (AvgIpc) is 2.94. The van der Waals surface area contributed by atoms with Gasteiger partial charge in [-0.15, -0.1) is 0 Å². The number of piperazine rings is 1. The van der Waals surface area contributed by atoms with Gasteiger partial charge in [-0.25, -0.2) is 17.4 Å². The number of carbonyl (C=O) groups excluding carboxylic acids is 1. The second-order valence-corrected chi connectivity index (χ2v) is 14.3. The Balaban J connectivity index is 1.43. The molecule has 2 unspecified atom stereocenters. The van der Waals surface area contributed by atoms with Gasteiger partial charge in [0.05, 0.1) is 11.2 Å². The first-order valence-electron chi connectivity index (χ1n) is 13.1. The number of piperidine rings is 1. The molecule has 42 heavy (non-hydrogen) atoms. The zero-order chi connectivity index (χ0) is 30.2. The Morgan fingerprint density at radius 2 is 1.67 bits per heavy atom. The summed E-state index contributed by atoms with van der Waals surface area (Å²) in [7, 11) is -8.92. The van der Waals surface area contributed by atoms with E-state index in [4.69, 9.17) is 15.8 Å². The number of hydrogen-bond acceptors (Lipinski definition) is 9. The van der Waals surface area contributed by atoms with Crippen LogP contribution in [0.2, 0.25) is 5.02 Å². The van der Waals surface area contributed by atoms with Gasteiger partial charge in [0.25, 0.3) is 16.0 Å². The molecule has 0 spiro atoms. The van der Waals surface area contributed by atoms with E-state index < -0.39 is 50.8 Å². The highest BCUT2D eigenvalue weighted by Crippen LogP contribution is 2.31. The van der Waals surface area contributed by atoms with Gasteiger partial charge in [0, 0.05) is 49.3 Å². The fraction of sp³-hybridized carbons (Fsp3) is 0.370. The molecule has 1 N–H and O–H groups in total. The van der Waals surface area contributed by atoms with Crippen LogP contribution < -0.4 is 4.90 Å². The fourth-order valence-corrected chi connectivity index (χ4v) is 7.65. The third kappa shape index (κ3) is 6.37. The van der Waals surface area contributed by atoms with Crippen LogP contribution in [0.4, 0.5) is 5.69 Å². The molecule has 0 aliphatic carbocycles. The van der Waals surface area contributed by atoms with Gasteiger partial charge in [-0.1, -0.05) is 23.7 Å². The smallest absolute Gasteiger partial charge is 0.327 e. The highest BCUT2D eigenvalue weighted by atomic mass is 35.5. The van der Waals surface area contributed by atoms with Crippen LogP contribution in [0.5, 0.6) is 0 Å². The van der Waals surface area contributed by atoms with E-state index in [1.165, 1.54) is 18.2 Å². The molecule has 2 fully saturated rings. The van der Waals surface area contributed by atoms with Gasteiger partial charge in [0.2, 0.25) is 16.3 Å². The van der Waals surface area contributed by atoms with Crippen LogP contribution in [0.1, 0.15) is 12.8 Å². The first-order valence-corrected chi connectivity index (χ1v) is 16.7. The molecule has 12 nitrogen and oxygen atoms in total. The number of aromatic nitrogens is 1. The minimum Gasteiger partial charge on any atom is -0.480 e. The maximum atomic E-state index is 13.8. The number of carbonyl (C=O) groups is 2. The number of sulfonamides is 1. The van der Waals surface area contributed by atoms with Gasteiger partial charge in [0.1, 0.15) is 6.04 Å². The summed E-state index contributed by atoms with van der Waals surface area (Å²) in [5.74, 6) is -2.56. The summed E-state index contributed by atoms with van der Waals surface area (Å²) in [4.78, 5) is 33.1. The predicted octanol–water partition coefficient (Wildman–Crippen LogP) is 2.39. The molecule has 2 aliphatic rings. The molecule has 0 saturated carbocycles. The van der Waals surface area contributed by atoms with Gasteiger partial charge in [-0.3, -0.25) is 9.78 Å². The first-order chi connectivity index (χ1) is 19.8. The lowest BCUT2D eigenvalue weighted by Crippen LogP contribution is -2.66. The zero-order valence-electron chi connectivity index (χ0n) is 22.5. The lowest BCUT2D eigenvalue weighted by atomic mass is 9.94. The Kier molecular flexibility index (Phi) is 8.45. The van der Waals surface area contributed by atoms with Crippen LogP contribution in [0, 0.1) is 5.92 Å². The number of halogens is 1. The van der Waals surface area contributed by atoms with Crippen molar-refractivity contribution in [3.8, 4) is 0 Å². The largest absolute Gasteiger partial charge is 0.480 e. The van der Waals surface area contributed by atoms with Crippen molar-refractivity contribution < 1.29 is 35.7 Å². The highest BCUT2D eigenvalue weighted by Gasteiger charge is 2.51. The van der Waals surface area contributed by atoms with E-state index in [2.05, 4.69) is 9.88 Å². The summed E-state index contributed by atoms with van der Waals surface area (Å²) < 4.78 is 57.6. The monoisotopic (exact) mass is 636 g/mol. The van der Waals surface area contributed by atoms with Crippen LogP contribution in [0.25, 0.3) is 10.8 Å². The van der Waals surface area contributed by atoms with Crippen molar-refractivity contribution in [3.05, 3.63) is 65.9 Å². The molecule has 0 radical (unpaired) electrons. The summed E-state index contributed by atoms with van der Waals surface area (Å²) in [5.41, 5.74) is 1.00. The minimum absolute atomic E-state index is 0.00816. The van der Waals surface area contributed by atoms with Crippen LogP contribution >= 0.6 is 11.6 Å². The van der Waals surface area contributed by atoms with Gasteiger partial charge >= 0.3 is 5.97 Å². The van der Waals surface area contributed by atoms with Crippen molar-refractivity contribution in [2.45, 2.75) is 30.0 Å². The molecule has 2 atom stereocenters. The minimum atomic E-state index is -4.59. The zero-order valence-corrected chi connectivity index (χ0v) is 24.9. The molecule has 1 amide bonds. The average molecular weight is 637 g/mol. The molecule has 2 saturated heterocycles. The highest BCUT2D eigenvalue weighted by molar-refractivity contribution is 7.89. The second kappa shape index (κ2) is 11.8. The Hall–Kier alpha value is -3.30. The molecule has 3 aromatic rings. The molecule has 2 aliphatic heterocycles. The number of rotatable bonds is 8. The van der Waals surface area contributed by atoms with Crippen molar-refractivity contribution in [3.63, 3.8) is 0 Å². The van der Waals surface area contributed by atoms with E-state index in [1.54, 1.807) is 30.6 Å². The van der Waals surface area contributed by atoms with Crippen molar-refractivity contribution in [2.24, 2.45) is 5.92 Å². The topological polar surface area (TPSA) is 154 Å². The number of benzene rings is 2. The van der Waals surface area contributed by atoms with E-state index in [0.29, 0.717) is 52.3 Å². The van der Waals surface area contributed by atoms with Gasteiger partial charge in [-0.05, 0) is 65.9 Å². The van der Waals surface area contributed by atoms with Crippen LogP contribution in [0.15, 0.2) is 65.8 Å². The molecule has 2 aromatic carbocycles. The summed E-state index contributed by atoms with van der Waals surface area (Å²) in [6, 6.07) is 11.2. The predicted molar refractivity (Wildman–Crippen MR) is 155 cm³/mol. The van der Waals surface area contributed by atoms with E-state index in [9.17, 15) is 31.5 Å². The third-order valence-corrected chi connectivity index (χ3v) is 10.1. The maximum absolute atomic E-state index is 13.8. The van der Waals surface area contributed by atoms with Gasteiger partial charge < -0.3 is 14.9 Å². The van der Waals surface area contributed by atoms with Crippen LogP contribution in [0.3, 0.4) is 0 Å². The Morgan fingerprint density at radius 3 is 2.31 bits per heavy atom. The standard InChI is InChI=1S/C27H29ClN4O8S2/c1-41(36,37)40-26-25(33)31(16-18-8-12-30(13-9-18)22-6-10-29-11-7-22)24(27(34)35)17-32(26)42(38,39)23-5-3-19-14-21(28)4-2-20(19)15-23/h2-7,10-11,14-15,18,24,26H,8-9,12-13,16-17H2,1H3,(H,34,35). The molecule has 224 valence electrons. The summed E-state index contributed by atoms with van der Waals surface area (Å²) in [5, 5.41) is 11.7. The lowest BCUT2D eigenvalue weighted by Gasteiger charge is -2.44. The normalized spacial score (nSPS) is 21.1. The molecule has 15 heteroatoms. The molecule has 1 aromatic heterocycles. The second-order valence-electron chi connectivity index (χ2n) is 10.4. The molecular formula is C27H29ClN4O8S2. The number of hydrogen-bond donors (Lipinski definition) is 1. The number of aliphatic carboxylic acids is 1. The summed E-state index contributed by atoms with van der Waals surface area (Å²) >= 11 is 6.03. The SMILES string of the molecule is CS(=O)(=O)OC1C(=O)N(CC2CCN(c3ccncc3)CC2)C(C(=O)O)CN1S(=O)(=O)c1ccc2cc(Cl)ccc2c1. The number of pyridine rings is 1. The fourth-order valence-electron chi connectivity index (χ4n) is 5.39. The van der Waals surface area contributed by atoms with E-state index in [1.807, 2.05) is 12.1 Å². The first kappa shape index (κ1) is 30.2. The van der Waals surface area contributed by atoms with Crippen LogP contribution in [-0.4, -0.2) is 92.7 Å². The number of anilines is 1. The molecule has 3 heterocycles. The van der Waals surface area contributed by atoms with Crippen molar-refractivity contribution >= 4 is 60.1 Å².